The molecule has 0 spiro atoms. The van der Waals surface area contributed by atoms with Crippen molar-refractivity contribution in [2.24, 2.45) is 0 Å². The standard InChI is InChI=1S/C52H70N6O2/c1-5-9-13-29-57(30-14-10-6-2)49-33-21-17-25-37(53)41(33)45(42-34(49)22-18-26-38(42)54)47-51(59)48(52(47)60)46-43-35(23-19-27-39(43)55)50(36-24-20-28-40(56)44(36)46)58(31-15-11-7-3)32-16-12-8-4/h17-28,47-48,51-52,59-60H,5-16,29-32,53-56H2,1-4H3. The molecule has 0 bridgehead atoms. The zero-order chi connectivity index (χ0) is 42.5. The molecule has 0 aliphatic heterocycles. The molecule has 1 saturated carbocycles. The maximum absolute atomic E-state index is 12.8. The van der Waals surface area contributed by atoms with Gasteiger partial charge in [0, 0.05) is 104 Å². The number of aliphatic hydroxyl groups is 2. The maximum atomic E-state index is 12.8. The minimum atomic E-state index is -0.983. The average Bonchev–Trinajstić information content (AvgIpc) is 3.23. The molecule has 1 aliphatic carbocycles. The van der Waals surface area contributed by atoms with Crippen molar-refractivity contribution in [3.8, 4) is 0 Å². The molecular formula is C52H70N6O2. The lowest BCUT2D eigenvalue weighted by Gasteiger charge is -2.49. The highest BCUT2D eigenvalue weighted by Gasteiger charge is 2.53. The second-order valence-corrected chi connectivity index (χ2v) is 17.4. The van der Waals surface area contributed by atoms with E-state index in [1.54, 1.807) is 0 Å². The molecule has 7 rings (SSSR count). The number of hydrogen-bond donors (Lipinski definition) is 6. The second-order valence-electron chi connectivity index (χ2n) is 17.4. The molecular weight excluding hydrogens is 741 g/mol. The third-order valence-electron chi connectivity index (χ3n) is 13.4. The Morgan fingerprint density at radius 2 is 0.650 bits per heavy atom. The highest BCUT2D eigenvalue weighted by Crippen LogP contribution is 2.58. The van der Waals surface area contributed by atoms with E-state index in [1.807, 2.05) is 48.5 Å². The lowest BCUT2D eigenvalue weighted by atomic mass is 9.60. The summed E-state index contributed by atoms with van der Waals surface area (Å²) in [6, 6.07) is 24.4. The predicted molar refractivity (Wildman–Crippen MR) is 261 cm³/mol. The molecule has 0 saturated heterocycles. The van der Waals surface area contributed by atoms with Gasteiger partial charge < -0.3 is 42.9 Å². The monoisotopic (exact) mass is 811 g/mol. The van der Waals surface area contributed by atoms with Crippen molar-refractivity contribution in [2.75, 3.05) is 58.9 Å². The van der Waals surface area contributed by atoms with Gasteiger partial charge in [-0.3, -0.25) is 0 Å². The van der Waals surface area contributed by atoms with Crippen molar-refractivity contribution < 1.29 is 10.2 Å². The molecule has 0 unspecified atom stereocenters. The summed E-state index contributed by atoms with van der Waals surface area (Å²) in [5, 5.41) is 33.2. The van der Waals surface area contributed by atoms with E-state index in [1.165, 1.54) is 0 Å². The topological polar surface area (TPSA) is 151 Å². The Labute approximate surface area is 357 Å². The summed E-state index contributed by atoms with van der Waals surface area (Å²) in [5.41, 5.74) is 34.4. The molecule has 0 aromatic heterocycles. The summed E-state index contributed by atoms with van der Waals surface area (Å²) < 4.78 is 0. The molecule has 8 nitrogen and oxygen atoms in total. The van der Waals surface area contributed by atoms with Gasteiger partial charge in [0.2, 0.25) is 0 Å². The first-order valence-corrected chi connectivity index (χ1v) is 23.1. The van der Waals surface area contributed by atoms with Crippen molar-refractivity contribution in [3.63, 3.8) is 0 Å². The lowest BCUT2D eigenvalue weighted by Crippen LogP contribution is -2.52. The molecule has 6 aromatic rings. The number of rotatable bonds is 20. The Morgan fingerprint density at radius 3 is 0.883 bits per heavy atom. The zero-order valence-corrected chi connectivity index (χ0v) is 36.6. The predicted octanol–water partition coefficient (Wildman–Crippen LogP) is 11.6. The largest absolute Gasteiger partial charge is 0.398 e. The van der Waals surface area contributed by atoms with Gasteiger partial charge in [0.05, 0.1) is 23.6 Å². The number of benzene rings is 6. The Morgan fingerprint density at radius 1 is 0.400 bits per heavy atom. The third kappa shape index (κ3) is 7.89. The van der Waals surface area contributed by atoms with Crippen molar-refractivity contribution in [1.29, 1.82) is 0 Å². The lowest BCUT2D eigenvalue weighted by molar-refractivity contribution is -0.0765. The van der Waals surface area contributed by atoms with E-state index in [0.717, 1.165) is 169 Å². The number of unbranched alkanes of at least 4 members (excludes halogenated alkanes) is 8. The van der Waals surface area contributed by atoms with E-state index in [4.69, 9.17) is 22.9 Å². The molecule has 8 heteroatoms. The first-order chi connectivity index (χ1) is 29.2. The second kappa shape index (κ2) is 19.2. The Kier molecular flexibility index (Phi) is 13.8. The van der Waals surface area contributed by atoms with Gasteiger partial charge in [-0.25, -0.2) is 0 Å². The van der Waals surface area contributed by atoms with Crippen LogP contribution in [0.4, 0.5) is 34.1 Å². The van der Waals surface area contributed by atoms with E-state index in [0.29, 0.717) is 22.7 Å². The van der Waals surface area contributed by atoms with Gasteiger partial charge in [-0.15, -0.1) is 0 Å². The molecule has 1 fully saturated rings. The van der Waals surface area contributed by atoms with Crippen LogP contribution < -0.4 is 32.7 Å². The van der Waals surface area contributed by atoms with E-state index in [9.17, 15) is 10.2 Å². The van der Waals surface area contributed by atoms with Crippen molar-refractivity contribution in [1.82, 2.24) is 0 Å². The van der Waals surface area contributed by atoms with Crippen LogP contribution in [0.15, 0.2) is 72.8 Å². The molecule has 0 radical (unpaired) electrons. The van der Waals surface area contributed by atoms with Gasteiger partial charge in [0.1, 0.15) is 0 Å². The highest BCUT2D eigenvalue weighted by molar-refractivity contribution is 6.21. The molecule has 60 heavy (non-hydrogen) atoms. The number of nitrogens with zero attached hydrogens (tertiary/aromatic N) is 2. The summed E-state index contributed by atoms with van der Waals surface area (Å²) in [6.07, 6.45) is 11.5. The summed E-state index contributed by atoms with van der Waals surface area (Å²) >= 11 is 0. The van der Waals surface area contributed by atoms with E-state index in [2.05, 4.69) is 61.8 Å². The molecule has 1 aliphatic rings. The quantitative estimate of drug-likeness (QED) is 0.0253. The van der Waals surface area contributed by atoms with Crippen LogP contribution in [0.1, 0.15) is 128 Å². The van der Waals surface area contributed by atoms with Crippen LogP contribution in [0.2, 0.25) is 0 Å². The van der Waals surface area contributed by atoms with Crippen LogP contribution in [0.3, 0.4) is 0 Å². The van der Waals surface area contributed by atoms with E-state index >= 15 is 0 Å². The van der Waals surface area contributed by atoms with E-state index in [-0.39, 0.29) is 0 Å². The number of anilines is 6. The molecule has 0 amide bonds. The average molecular weight is 811 g/mol. The number of aliphatic hydroxyl groups excluding tert-OH is 2. The fraction of sp³-hybridized carbons (Fsp3) is 0.462. The van der Waals surface area contributed by atoms with Gasteiger partial charge in [0.25, 0.3) is 0 Å². The molecule has 0 heterocycles. The summed E-state index contributed by atoms with van der Waals surface area (Å²) in [6.45, 7) is 12.7. The third-order valence-corrected chi connectivity index (χ3v) is 13.4. The van der Waals surface area contributed by atoms with Crippen LogP contribution in [-0.2, 0) is 0 Å². The zero-order valence-electron chi connectivity index (χ0n) is 36.6. The fourth-order valence-corrected chi connectivity index (χ4v) is 10.4. The summed E-state index contributed by atoms with van der Waals surface area (Å²) in [7, 11) is 0. The Balaban J connectivity index is 1.44. The molecule has 6 aromatic carbocycles. The van der Waals surface area contributed by atoms with Gasteiger partial charge >= 0.3 is 0 Å². The van der Waals surface area contributed by atoms with Crippen LogP contribution in [-0.4, -0.2) is 48.6 Å². The minimum Gasteiger partial charge on any atom is -0.398 e. The van der Waals surface area contributed by atoms with Crippen LogP contribution in [0.25, 0.3) is 43.1 Å². The first-order valence-electron chi connectivity index (χ1n) is 23.1. The number of hydrogen-bond acceptors (Lipinski definition) is 8. The van der Waals surface area contributed by atoms with Crippen molar-refractivity contribution in [3.05, 3.63) is 83.9 Å². The maximum Gasteiger partial charge on any atom is 0.0728 e. The van der Waals surface area contributed by atoms with Gasteiger partial charge in [-0.05, 0) is 61.1 Å². The summed E-state index contributed by atoms with van der Waals surface area (Å²) in [5.74, 6) is -1.34. The highest BCUT2D eigenvalue weighted by atomic mass is 16.3. The summed E-state index contributed by atoms with van der Waals surface area (Å²) in [4.78, 5) is 5.07. The number of nitrogens with two attached hydrogens (primary N) is 4. The Bertz CT molecular complexity index is 2110. The Hall–Kier alpha value is -4.92. The molecule has 10 N–H and O–H groups in total. The van der Waals surface area contributed by atoms with Gasteiger partial charge in [-0.1, -0.05) is 128 Å². The van der Waals surface area contributed by atoms with E-state index < -0.39 is 24.0 Å². The van der Waals surface area contributed by atoms with Gasteiger partial charge in [0.15, 0.2) is 0 Å². The van der Waals surface area contributed by atoms with Crippen molar-refractivity contribution in [2.45, 2.75) is 129 Å². The normalized spacial score (nSPS) is 17.8. The molecule has 320 valence electrons. The van der Waals surface area contributed by atoms with Crippen LogP contribution in [0.5, 0.6) is 0 Å². The number of fused-ring (bicyclic) bond motifs is 4. The fourth-order valence-electron chi connectivity index (χ4n) is 10.4. The van der Waals surface area contributed by atoms with Gasteiger partial charge in [-0.2, -0.15) is 0 Å². The first kappa shape index (κ1) is 43.2. The number of nitrogen functional groups attached to an aromatic ring is 4. The SMILES string of the molecule is CCCCCN(CCCCC)c1c2cccc(N)c2c(C2C(O)C(c3c4c(N)cccc4c(N(CCCCC)CCCCC)c4cccc(N)c34)C2O)c2c(N)cccc12. The van der Waals surface area contributed by atoms with Crippen LogP contribution in [0, 0.1) is 0 Å². The van der Waals surface area contributed by atoms with Crippen LogP contribution >= 0.6 is 0 Å². The minimum absolute atomic E-state index is 0.610. The smallest absolute Gasteiger partial charge is 0.0728 e. The van der Waals surface area contributed by atoms with Crippen molar-refractivity contribution >= 4 is 77.2 Å². The molecule has 0 atom stereocenters.